The molecule has 136 valence electrons. The number of methoxy groups -OCH3 is 1. The number of ether oxygens (including phenoxy) is 1. The first-order valence-corrected chi connectivity index (χ1v) is 8.90. The Labute approximate surface area is 152 Å². The Kier molecular flexibility index (Phi) is 9.67. The molecule has 1 saturated heterocycles. The van der Waals surface area contributed by atoms with Gasteiger partial charge >= 0.3 is 0 Å². The van der Waals surface area contributed by atoms with E-state index in [2.05, 4.69) is 34.0 Å². The molecule has 0 bridgehead atoms. The minimum absolute atomic E-state index is 0.325. The van der Waals surface area contributed by atoms with Crippen molar-refractivity contribution >= 4 is 17.2 Å². The van der Waals surface area contributed by atoms with Crippen molar-refractivity contribution < 1.29 is 4.74 Å². The molecule has 1 rings (SSSR count). The van der Waals surface area contributed by atoms with Crippen molar-refractivity contribution in [1.82, 2.24) is 20.9 Å². The topological polar surface area (TPSA) is 48.6 Å². The summed E-state index contributed by atoms with van der Waals surface area (Å²) in [5.74, 6) is 0. The zero-order valence-electron chi connectivity index (χ0n) is 15.3. The maximum Gasteiger partial charge on any atom is 0.126 e. The van der Waals surface area contributed by atoms with Crippen LogP contribution in [0.1, 0.15) is 26.2 Å². The summed E-state index contributed by atoms with van der Waals surface area (Å²) in [5, 5.41) is 9.89. The van der Waals surface area contributed by atoms with Crippen molar-refractivity contribution in [3.8, 4) is 0 Å². The van der Waals surface area contributed by atoms with Crippen molar-refractivity contribution in [2.24, 2.45) is 0 Å². The third-order valence-corrected chi connectivity index (χ3v) is 4.45. The van der Waals surface area contributed by atoms with Crippen LogP contribution in [0, 0.1) is 0 Å². The Morgan fingerprint density at radius 3 is 2.79 bits per heavy atom. The SMILES string of the molecule is C=C(N[C@H]1CCCN(C(=C)COC)C1)C(=S)N/C(=C/C)CCNC. The van der Waals surface area contributed by atoms with Gasteiger partial charge in [-0.05, 0) is 33.2 Å². The maximum atomic E-state index is 5.48. The fraction of sp³-hybridized carbons (Fsp3) is 0.611. The lowest BCUT2D eigenvalue weighted by molar-refractivity contribution is 0.168. The Morgan fingerprint density at radius 1 is 1.42 bits per heavy atom. The average molecular weight is 353 g/mol. The largest absolute Gasteiger partial charge is 0.379 e. The van der Waals surface area contributed by atoms with E-state index in [4.69, 9.17) is 17.0 Å². The summed E-state index contributed by atoms with van der Waals surface area (Å²) in [6, 6.07) is 0.325. The molecule has 0 spiro atoms. The molecule has 0 unspecified atom stereocenters. The highest BCUT2D eigenvalue weighted by molar-refractivity contribution is 7.80. The standard InChI is InChI=1S/C18H32N4OS/c1-6-16(9-10-19-4)21-18(24)15(3)20-17-8-7-11-22(12-17)14(2)13-23-5/h6,17,19-20H,2-3,7-13H2,1,4-5H3,(H,21,24)/b16-6+/t17-/m0/s1. The minimum atomic E-state index is 0.325. The van der Waals surface area contributed by atoms with Gasteiger partial charge in [0.2, 0.25) is 0 Å². The highest BCUT2D eigenvalue weighted by Gasteiger charge is 2.21. The molecule has 0 aromatic rings. The van der Waals surface area contributed by atoms with Crippen molar-refractivity contribution in [2.45, 2.75) is 32.2 Å². The van der Waals surface area contributed by atoms with Gasteiger partial charge in [0.05, 0.1) is 12.3 Å². The molecule has 0 radical (unpaired) electrons. The van der Waals surface area contributed by atoms with Crippen LogP contribution in [0.5, 0.6) is 0 Å². The minimum Gasteiger partial charge on any atom is -0.379 e. The summed E-state index contributed by atoms with van der Waals surface area (Å²) < 4.78 is 5.18. The third-order valence-electron chi connectivity index (χ3n) is 4.10. The van der Waals surface area contributed by atoms with Crippen LogP contribution >= 0.6 is 12.2 Å². The van der Waals surface area contributed by atoms with Crippen molar-refractivity contribution in [3.63, 3.8) is 0 Å². The Balaban J connectivity index is 2.48. The first-order valence-electron chi connectivity index (χ1n) is 8.50. The van der Waals surface area contributed by atoms with E-state index in [0.717, 1.165) is 56.0 Å². The van der Waals surface area contributed by atoms with Crippen LogP contribution in [0.4, 0.5) is 0 Å². The van der Waals surface area contributed by atoms with Gasteiger partial charge in [0, 0.05) is 44.2 Å². The maximum absolute atomic E-state index is 5.48. The first kappa shape index (κ1) is 20.7. The second-order valence-electron chi connectivity index (χ2n) is 6.03. The molecule has 0 aliphatic carbocycles. The number of rotatable bonds is 10. The van der Waals surface area contributed by atoms with Crippen LogP contribution in [-0.2, 0) is 4.74 Å². The molecule has 3 N–H and O–H groups in total. The molecule has 0 amide bonds. The van der Waals surface area contributed by atoms with Gasteiger partial charge in [0.15, 0.2) is 0 Å². The highest BCUT2D eigenvalue weighted by Crippen LogP contribution is 2.15. The second-order valence-corrected chi connectivity index (χ2v) is 6.44. The molecule has 24 heavy (non-hydrogen) atoms. The van der Waals surface area contributed by atoms with Crippen molar-refractivity contribution in [3.05, 3.63) is 36.3 Å². The summed E-state index contributed by atoms with van der Waals surface area (Å²) >= 11 is 5.48. The molecule has 1 aliphatic heterocycles. The van der Waals surface area contributed by atoms with Gasteiger partial charge in [0.25, 0.3) is 0 Å². The van der Waals surface area contributed by atoms with Crippen LogP contribution in [0.25, 0.3) is 0 Å². The van der Waals surface area contributed by atoms with Crippen LogP contribution in [-0.4, -0.2) is 56.3 Å². The van der Waals surface area contributed by atoms with Crippen molar-refractivity contribution in [2.75, 3.05) is 40.4 Å². The number of hydrogen-bond acceptors (Lipinski definition) is 5. The number of allylic oxidation sites excluding steroid dienone is 1. The van der Waals surface area contributed by atoms with Gasteiger partial charge < -0.3 is 25.6 Å². The molecule has 5 nitrogen and oxygen atoms in total. The van der Waals surface area contributed by atoms with Gasteiger partial charge in [-0.1, -0.05) is 31.5 Å². The molecule has 1 aliphatic rings. The Hall–Kier alpha value is -1.37. The van der Waals surface area contributed by atoms with Crippen LogP contribution in [0.15, 0.2) is 36.3 Å². The first-order chi connectivity index (χ1) is 11.5. The number of likely N-dealkylation sites (tertiary alicyclic amines) is 1. The lowest BCUT2D eigenvalue weighted by atomic mass is 10.0. The Morgan fingerprint density at radius 2 is 2.17 bits per heavy atom. The monoisotopic (exact) mass is 352 g/mol. The van der Waals surface area contributed by atoms with Crippen molar-refractivity contribution in [1.29, 1.82) is 0 Å². The molecule has 1 fully saturated rings. The van der Waals surface area contributed by atoms with Gasteiger partial charge in [-0.15, -0.1) is 0 Å². The molecular formula is C18H32N4OS. The van der Waals surface area contributed by atoms with E-state index in [1.165, 1.54) is 0 Å². The number of hydrogen-bond donors (Lipinski definition) is 3. The number of nitrogens with one attached hydrogen (secondary N) is 3. The Bertz CT molecular complexity index is 476. The van der Waals surface area contributed by atoms with Gasteiger partial charge in [-0.2, -0.15) is 0 Å². The van der Waals surface area contributed by atoms with E-state index in [9.17, 15) is 0 Å². The molecule has 0 aromatic carbocycles. The second kappa shape index (κ2) is 11.2. The lowest BCUT2D eigenvalue weighted by Crippen LogP contribution is -2.46. The summed E-state index contributed by atoms with van der Waals surface area (Å²) in [5.41, 5.74) is 2.91. The quantitative estimate of drug-likeness (QED) is 0.414. The van der Waals surface area contributed by atoms with E-state index < -0.39 is 0 Å². The highest BCUT2D eigenvalue weighted by atomic mass is 32.1. The number of nitrogens with zero attached hydrogens (tertiary/aromatic N) is 1. The molecule has 1 heterocycles. The summed E-state index contributed by atoms with van der Waals surface area (Å²) in [6.45, 7) is 13.6. The van der Waals surface area contributed by atoms with E-state index in [1.807, 2.05) is 20.0 Å². The summed E-state index contributed by atoms with van der Waals surface area (Å²) in [7, 11) is 3.64. The number of piperidine rings is 1. The van der Waals surface area contributed by atoms with Crippen LogP contribution in [0.2, 0.25) is 0 Å². The predicted molar refractivity (Wildman–Crippen MR) is 106 cm³/mol. The zero-order chi connectivity index (χ0) is 17.9. The third kappa shape index (κ3) is 7.03. The fourth-order valence-corrected chi connectivity index (χ4v) is 2.90. The fourth-order valence-electron chi connectivity index (χ4n) is 2.71. The van der Waals surface area contributed by atoms with Crippen LogP contribution in [0.3, 0.4) is 0 Å². The van der Waals surface area contributed by atoms with E-state index in [1.54, 1.807) is 7.11 Å². The van der Waals surface area contributed by atoms with Gasteiger partial charge in [-0.25, -0.2) is 0 Å². The predicted octanol–water partition coefficient (Wildman–Crippen LogP) is 2.14. The smallest absolute Gasteiger partial charge is 0.126 e. The van der Waals surface area contributed by atoms with E-state index >= 15 is 0 Å². The van der Waals surface area contributed by atoms with Gasteiger partial charge in [-0.3, -0.25) is 0 Å². The molecule has 1 atom stereocenters. The number of thiocarbonyl (C=S) groups is 1. The zero-order valence-corrected chi connectivity index (χ0v) is 16.1. The molecular weight excluding hydrogens is 320 g/mol. The van der Waals surface area contributed by atoms with E-state index in [0.29, 0.717) is 17.6 Å². The average Bonchev–Trinajstić information content (AvgIpc) is 2.58. The molecule has 6 heteroatoms. The van der Waals surface area contributed by atoms with E-state index in [-0.39, 0.29) is 0 Å². The molecule has 0 saturated carbocycles. The summed E-state index contributed by atoms with van der Waals surface area (Å²) in [4.78, 5) is 2.94. The lowest BCUT2D eigenvalue weighted by Gasteiger charge is -2.36. The summed E-state index contributed by atoms with van der Waals surface area (Å²) in [6.07, 6.45) is 5.19. The normalized spacial score (nSPS) is 18.2. The van der Waals surface area contributed by atoms with Gasteiger partial charge in [0.1, 0.15) is 4.99 Å². The molecule has 0 aromatic heterocycles. The van der Waals surface area contributed by atoms with Crippen LogP contribution < -0.4 is 16.0 Å².